The number of hydrogen-bond acceptors (Lipinski definition) is 4. The zero-order valence-electron chi connectivity index (χ0n) is 17.8. The van der Waals surface area contributed by atoms with Crippen molar-refractivity contribution in [3.8, 4) is 11.4 Å². The molecular weight excluding hydrogens is 463 g/mol. The lowest BCUT2D eigenvalue weighted by Gasteiger charge is -2.19. The molecule has 1 aromatic heterocycles. The summed E-state index contributed by atoms with van der Waals surface area (Å²) >= 11 is 0. The van der Waals surface area contributed by atoms with E-state index in [0.717, 1.165) is 29.7 Å². The molecule has 1 amide bonds. The maximum absolute atomic E-state index is 15.1. The van der Waals surface area contributed by atoms with Gasteiger partial charge in [-0.2, -0.15) is 4.68 Å². The molecule has 0 radical (unpaired) electrons. The van der Waals surface area contributed by atoms with Crippen molar-refractivity contribution in [1.82, 2.24) is 14.3 Å². The first-order chi connectivity index (χ1) is 16.2. The topological polar surface area (TPSA) is 78.2 Å². The molecule has 1 heterocycles. The molecule has 7 nitrogen and oxygen atoms in total. The van der Waals surface area contributed by atoms with Crippen LogP contribution in [-0.2, 0) is 7.05 Å². The fourth-order valence-corrected chi connectivity index (χ4v) is 3.35. The van der Waals surface area contributed by atoms with Crippen molar-refractivity contribution in [1.29, 1.82) is 0 Å². The summed E-state index contributed by atoms with van der Waals surface area (Å²) < 4.78 is 75.5. The summed E-state index contributed by atoms with van der Waals surface area (Å²) in [5.41, 5.74) is -2.04. The Balaban J connectivity index is 1.79. The summed E-state index contributed by atoms with van der Waals surface area (Å²) in [7, 11) is 1.46. The van der Waals surface area contributed by atoms with Crippen LogP contribution in [0.2, 0.25) is 0 Å². The molecule has 1 aliphatic rings. The number of amides is 1. The van der Waals surface area contributed by atoms with E-state index >= 15 is 4.39 Å². The van der Waals surface area contributed by atoms with Crippen LogP contribution < -0.4 is 15.7 Å². The lowest BCUT2D eigenvalue weighted by molar-refractivity contribution is -0.00158. The highest BCUT2D eigenvalue weighted by molar-refractivity contribution is 6.06. The fraction of sp³-hybridized carbons (Fsp3) is 0.318. The van der Waals surface area contributed by atoms with Crippen molar-refractivity contribution in [3.05, 3.63) is 69.9 Å². The summed E-state index contributed by atoms with van der Waals surface area (Å²) in [6, 6.07) is 6.57. The lowest BCUT2D eigenvalue weighted by Crippen LogP contribution is -2.29. The Labute approximate surface area is 189 Å². The van der Waals surface area contributed by atoms with Gasteiger partial charge in [0.05, 0.1) is 11.3 Å². The molecule has 4 rings (SSSR count). The Morgan fingerprint density at radius 1 is 1.21 bits per heavy atom. The molecule has 34 heavy (non-hydrogen) atoms. The van der Waals surface area contributed by atoms with Crippen molar-refractivity contribution in [2.75, 3.05) is 12.0 Å². The van der Waals surface area contributed by atoms with Crippen molar-refractivity contribution in [3.63, 3.8) is 0 Å². The highest BCUT2D eigenvalue weighted by Gasteiger charge is 2.31. The van der Waals surface area contributed by atoms with Gasteiger partial charge in [0.2, 0.25) is 0 Å². The van der Waals surface area contributed by atoms with E-state index in [2.05, 4.69) is 10.4 Å². The Morgan fingerprint density at radius 3 is 2.53 bits per heavy atom. The van der Waals surface area contributed by atoms with Gasteiger partial charge in [0.25, 0.3) is 12.3 Å². The van der Waals surface area contributed by atoms with Crippen LogP contribution in [0.25, 0.3) is 5.69 Å². The molecule has 2 aromatic carbocycles. The summed E-state index contributed by atoms with van der Waals surface area (Å²) in [6.07, 6.45) is -3.91. The van der Waals surface area contributed by atoms with Gasteiger partial charge >= 0.3 is 5.69 Å². The van der Waals surface area contributed by atoms with Crippen molar-refractivity contribution in [2.24, 2.45) is 7.05 Å². The molecule has 0 bridgehead atoms. The van der Waals surface area contributed by atoms with Gasteiger partial charge in [0.1, 0.15) is 35.6 Å². The predicted molar refractivity (Wildman–Crippen MR) is 111 cm³/mol. The zero-order chi connectivity index (χ0) is 24.6. The number of nitrogens with one attached hydrogen (secondary N) is 1. The van der Waals surface area contributed by atoms with Gasteiger partial charge in [-0.1, -0.05) is 12.1 Å². The fourth-order valence-electron chi connectivity index (χ4n) is 3.35. The monoisotopic (exact) mass is 482 g/mol. The third-order valence-corrected chi connectivity index (χ3v) is 5.31. The van der Waals surface area contributed by atoms with Crippen LogP contribution in [0.15, 0.2) is 41.2 Å². The molecule has 0 saturated heterocycles. The Hall–Kier alpha value is -3.70. The number of rotatable bonds is 8. The molecule has 1 fully saturated rings. The first kappa shape index (κ1) is 23.5. The average molecular weight is 482 g/mol. The van der Waals surface area contributed by atoms with Gasteiger partial charge in [-0.3, -0.25) is 9.36 Å². The number of ether oxygens (including phenoxy) is 1. The van der Waals surface area contributed by atoms with Gasteiger partial charge in [-0.05, 0) is 31.0 Å². The third kappa shape index (κ3) is 4.52. The van der Waals surface area contributed by atoms with Crippen LogP contribution >= 0.6 is 0 Å². The van der Waals surface area contributed by atoms with Crippen LogP contribution in [0.4, 0.5) is 27.6 Å². The molecule has 0 spiro atoms. The Morgan fingerprint density at radius 2 is 1.91 bits per heavy atom. The van der Waals surface area contributed by atoms with E-state index in [9.17, 15) is 27.2 Å². The number of benzene rings is 2. The number of hydrogen-bond donors (Lipinski definition) is 1. The van der Waals surface area contributed by atoms with Crippen molar-refractivity contribution < 1.29 is 31.5 Å². The smallest absolute Gasteiger partial charge is 0.350 e. The highest BCUT2D eigenvalue weighted by atomic mass is 19.3. The van der Waals surface area contributed by atoms with E-state index in [0.29, 0.717) is 11.9 Å². The number of alkyl halides is 3. The Kier molecular flexibility index (Phi) is 6.40. The van der Waals surface area contributed by atoms with E-state index < -0.39 is 59.4 Å². The SMILES string of the molecule is Cn1c(C2CC2)nn(-c2cc(O[C@@H](CF)C(F)F)c(C(=O)Nc3ccccc3F)cc2F)c1=O. The van der Waals surface area contributed by atoms with Crippen LogP contribution in [-0.4, -0.2) is 39.5 Å². The molecular formula is C22H19F5N4O3. The highest BCUT2D eigenvalue weighted by Crippen LogP contribution is 2.38. The average Bonchev–Trinajstić information content (AvgIpc) is 3.60. The zero-order valence-corrected chi connectivity index (χ0v) is 17.8. The first-order valence-electron chi connectivity index (χ1n) is 10.3. The van der Waals surface area contributed by atoms with E-state index in [1.807, 2.05) is 0 Å². The first-order valence-corrected chi connectivity index (χ1v) is 10.3. The van der Waals surface area contributed by atoms with Crippen LogP contribution in [0.5, 0.6) is 5.75 Å². The predicted octanol–water partition coefficient (Wildman–Crippen LogP) is 3.96. The molecule has 180 valence electrons. The van der Waals surface area contributed by atoms with E-state index in [1.54, 1.807) is 0 Å². The molecule has 12 heteroatoms. The second kappa shape index (κ2) is 9.27. The summed E-state index contributed by atoms with van der Waals surface area (Å²) in [6.45, 7) is -1.60. The molecule has 1 aliphatic carbocycles. The van der Waals surface area contributed by atoms with Crippen LogP contribution in [0, 0.1) is 11.6 Å². The summed E-state index contributed by atoms with van der Waals surface area (Å²) in [4.78, 5) is 25.4. The van der Waals surface area contributed by atoms with Gasteiger partial charge in [-0.15, -0.1) is 5.10 Å². The number of nitrogens with zero attached hydrogens (tertiary/aromatic N) is 3. The third-order valence-electron chi connectivity index (χ3n) is 5.31. The van der Waals surface area contributed by atoms with Crippen molar-refractivity contribution in [2.45, 2.75) is 31.3 Å². The molecule has 1 atom stereocenters. The van der Waals surface area contributed by atoms with E-state index in [-0.39, 0.29) is 11.6 Å². The second-order valence-corrected chi connectivity index (χ2v) is 7.76. The largest absolute Gasteiger partial charge is 0.481 e. The van der Waals surface area contributed by atoms with Gasteiger partial charge in [0.15, 0.2) is 6.10 Å². The number of anilines is 1. The summed E-state index contributed by atoms with van der Waals surface area (Å²) in [5, 5.41) is 6.32. The van der Waals surface area contributed by atoms with Crippen molar-refractivity contribution >= 4 is 11.6 Å². The normalized spacial score (nSPS) is 14.3. The minimum atomic E-state index is -3.26. The minimum Gasteiger partial charge on any atom is -0.481 e. The van der Waals surface area contributed by atoms with E-state index in [1.165, 1.54) is 29.8 Å². The van der Waals surface area contributed by atoms with Crippen LogP contribution in [0.3, 0.4) is 0 Å². The van der Waals surface area contributed by atoms with Crippen LogP contribution in [0.1, 0.15) is 34.9 Å². The maximum atomic E-state index is 15.1. The number of halogens is 5. The quantitative estimate of drug-likeness (QED) is 0.493. The number of carbonyl (C=O) groups is 1. The molecule has 3 aromatic rings. The van der Waals surface area contributed by atoms with Gasteiger partial charge < -0.3 is 10.1 Å². The molecule has 1 saturated carbocycles. The molecule has 1 N–H and O–H groups in total. The Bertz CT molecular complexity index is 1290. The second-order valence-electron chi connectivity index (χ2n) is 7.76. The summed E-state index contributed by atoms with van der Waals surface area (Å²) in [5.74, 6) is -3.15. The number of para-hydroxylation sites is 1. The lowest BCUT2D eigenvalue weighted by atomic mass is 10.1. The minimum absolute atomic E-state index is 0.0401. The van der Waals surface area contributed by atoms with Gasteiger partial charge in [-0.25, -0.2) is 26.7 Å². The standard InChI is InChI=1S/C22H19F5N4O3/c1-30-20(11-6-7-11)29-31(22(30)33)16-9-17(34-18(10-23)19(26)27)12(8-14(16)25)21(32)28-15-5-3-2-4-13(15)24/h2-5,8-9,11,18-19H,6-7,10H2,1H3,(H,28,32)/t18-/m0/s1. The number of aromatic nitrogens is 3. The maximum Gasteiger partial charge on any atom is 0.350 e. The molecule has 0 unspecified atom stereocenters. The van der Waals surface area contributed by atoms with E-state index in [4.69, 9.17) is 4.74 Å². The van der Waals surface area contributed by atoms with Gasteiger partial charge in [0, 0.05) is 19.0 Å². The number of carbonyl (C=O) groups excluding carboxylic acids is 1. The molecule has 0 aliphatic heterocycles.